The molecule has 182 valence electrons. The number of amides is 1. The summed E-state index contributed by atoms with van der Waals surface area (Å²) < 4.78 is 29.4. The van der Waals surface area contributed by atoms with Crippen molar-refractivity contribution in [3.8, 4) is 0 Å². The van der Waals surface area contributed by atoms with E-state index in [4.69, 9.17) is 11.6 Å². The van der Waals surface area contributed by atoms with Crippen LogP contribution in [-0.4, -0.2) is 40.9 Å². The van der Waals surface area contributed by atoms with Crippen LogP contribution < -0.4 is 5.32 Å². The van der Waals surface area contributed by atoms with E-state index in [-0.39, 0.29) is 11.3 Å². The summed E-state index contributed by atoms with van der Waals surface area (Å²) in [5, 5.41) is 4.38. The summed E-state index contributed by atoms with van der Waals surface area (Å²) in [4.78, 5) is 28.7. The van der Waals surface area contributed by atoms with Gasteiger partial charge in [-0.2, -0.15) is 0 Å². The number of fused-ring (bicyclic) bond motifs is 3. The van der Waals surface area contributed by atoms with Crippen LogP contribution in [0.4, 0.5) is 14.5 Å². The van der Waals surface area contributed by atoms with Crippen LogP contribution in [0.3, 0.4) is 0 Å². The molecule has 0 radical (unpaired) electrons. The molecule has 2 aliphatic heterocycles. The number of likely N-dealkylation sites (tertiary alicyclic amines) is 1. The molecule has 0 saturated carbocycles. The van der Waals surface area contributed by atoms with Gasteiger partial charge in [0.1, 0.15) is 0 Å². The summed E-state index contributed by atoms with van der Waals surface area (Å²) in [7, 11) is 0. The Hall–Kier alpha value is -3.71. The fourth-order valence-corrected chi connectivity index (χ4v) is 5.72. The van der Waals surface area contributed by atoms with E-state index in [1.807, 2.05) is 12.1 Å². The Labute approximate surface area is 211 Å². The number of hydrogen-bond acceptors (Lipinski definition) is 3. The van der Waals surface area contributed by atoms with Crippen LogP contribution in [0, 0.1) is 11.6 Å². The second-order valence-electron chi connectivity index (χ2n) is 9.45. The van der Waals surface area contributed by atoms with Crippen LogP contribution in [0.2, 0.25) is 5.02 Å². The first-order valence-electron chi connectivity index (χ1n) is 11.8. The second-order valence-corrected chi connectivity index (χ2v) is 9.89. The first-order chi connectivity index (χ1) is 17.4. The van der Waals surface area contributed by atoms with E-state index < -0.39 is 23.1 Å². The molecule has 3 heterocycles. The third-order valence-corrected chi connectivity index (χ3v) is 7.76. The van der Waals surface area contributed by atoms with E-state index in [2.05, 4.69) is 17.4 Å². The minimum Gasteiger partial charge on any atom is -0.384 e. The molecule has 0 aliphatic carbocycles. The minimum absolute atomic E-state index is 0.000225. The van der Waals surface area contributed by atoms with E-state index in [0.29, 0.717) is 34.6 Å². The smallest absolute Gasteiger partial charge is 0.265 e. The predicted molar refractivity (Wildman–Crippen MR) is 135 cm³/mol. The molecule has 8 heteroatoms. The predicted octanol–water partition coefficient (Wildman–Crippen LogP) is 5.86. The van der Waals surface area contributed by atoms with Gasteiger partial charge in [-0.1, -0.05) is 41.9 Å². The molecule has 2 aliphatic rings. The quantitative estimate of drug-likeness (QED) is 0.371. The van der Waals surface area contributed by atoms with Crippen LogP contribution in [0.15, 0.2) is 66.9 Å². The monoisotopic (exact) mass is 505 g/mol. The number of benzene rings is 3. The van der Waals surface area contributed by atoms with Crippen molar-refractivity contribution in [2.45, 2.75) is 18.3 Å². The van der Waals surface area contributed by atoms with Crippen molar-refractivity contribution in [2.75, 3.05) is 25.0 Å². The zero-order valence-electron chi connectivity index (χ0n) is 19.2. The van der Waals surface area contributed by atoms with E-state index in [0.717, 1.165) is 31.1 Å². The standard InChI is InChI=1S/C28H22ClF2N3O2/c29-17-8-9-18-20(15-34(24(18)14-17)27(36)19-4-3-6-22(30)25(19)31)26(35)33-12-10-28(11-13-33)16-32-23-7-2-1-5-21(23)28/h1-9,14-15,32H,10-13,16H2. The fraction of sp³-hybridized carbons (Fsp3) is 0.214. The van der Waals surface area contributed by atoms with Gasteiger partial charge in [-0.3, -0.25) is 14.2 Å². The molecule has 1 aromatic heterocycles. The maximum absolute atomic E-state index is 14.4. The summed E-state index contributed by atoms with van der Waals surface area (Å²) in [5.74, 6) is -3.32. The van der Waals surface area contributed by atoms with Gasteiger partial charge in [0.25, 0.3) is 11.8 Å². The zero-order chi connectivity index (χ0) is 25.0. The number of carbonyl (C=O) groups is 2. The number of nitrogens with one attached hydrogen (secondary N) is 1. The van der Waals surface area contributed by atoms with Gasteiger partial charge in [0.15, 0.2) is 11.6 Å². The maximum Gasteiger partial charge on any atom is 0.265 e. The molecule has 1 N–H and O–H groups in total. The van der Waals surface area contributed by atoms with Gasteiger partial charge in [0, 0.05) is 47.3 Å². The average molecular weight is 506 g/mol. The zero-order valence-corrected chi connectivity index (χ0v) is 20.0. The number of nitrogens with zero attached hydrogens (tertiary/aromatic N) is 2. The highest BCUT2D eigenvalue weighted by atomic mass is 35.5. The van der Waals surface area contributed by atoms with Crippen molar-refractivity contribution >= 4 is 40.0 Å². The molecule has 1 saturated heterocycles. The van der Waals surface area contributed by atoms with Crippen LogP contribution >= 0.6 is 11.6 Å². The normalized spacial score (nSPS) is 16.2. The van der Waals surface area contributed by atoms with E-state index in [1.165, 1.54) is 28.5 Å². The van der Waals surface area contributed by atoms with Crippen LogP contribution in [0.25, 0.3) is 10.9 Å². The lowest BCUT2D eigenvalue weighted by Gasteiger charge is -2.39. The largest absolute Gasteiger partial charge is 0.384 e. The van der Waals surface area contributed by atoms with E-state index in [1.54, 1.807) is 23.1 Å². The Balaban J connectivity index is 1.33. The molecule has 5 nitrogen and oxygen atoms in total. The number of anilines is 1. The van der Waals surface area contributed by atoms with Gasteiger partial charge in [-0.05, 0) is 48.7 Å². The summed E-state index contributed by atoms with van der Waals surface area (Å²) in [5.41, 5.74) is 2.72. The molecular weight excluding hydrogens is 484 g/mol. The highest BCUT2D eigenvalue weighted by molar-refractivity contribution is 6.31. The lowest BCUT2D eigenvalue weighted by Crippen LogP contribution is -2.46. The van der Waals surface area contributed by atoms with Gasteiger partial charge < -0.3 is 10.2 Å². The minimum atomic E-state index is -1.23. The molecule has 1 amide bonds. The number of piperidine rings is 1. The molecule has 0 unspecified atom stereocenters. The van der Waals surface area contributed by atoms with Gasteiger partial charge >= 0.3 is 0 Å². The number of rotatable bonds is 2. The number of halogens is 3. The highest BCUT2D eigenvalue weighted by Gasteiger charge is 2.42. The lowest BCUT2D eigenvalue weighted by atomic mass is 9.74. The summed E-state index contributed by atoms with van der Waals surface area (Å²) in [6.07, 6.45) is 3.05. The van der Waals surface area contributed by atoms with Crippen molar-refractivity contribution in [3.05, 3.63) is 100 Å². The number of para-hydroxylation sites is 1. The Bertz CT molecular complexity index is 1540. The molecule has 0 bridgehead atoms. The fourth-order valence-electron chi connectivity index (χ4n) is 5.55. The Morgan fingerprint density at radius 1 is 0.917 bits per heavy atom. The summed E-state index contributed by atoms with van der Waals surface area (Å²) in [6.45, 7) is 1.99. The molecule has 6 rings (SSSR count). The first-order valence-corrected chi connectivity index (χ1v) is 12.2. The van der Waals surface area contributed by atoms with Crippen LogP contribution in [0.5, 0.6) is 0 Å². The average Bonchev–Trinajstić information content (AvgIpc) is 3.44. The van der Waals surface area contributed by atoms with E-state index in [9.17, 15) is 18.4 Å². The van der Waals surface area contributed by atoms with Crippen molar-refractivity contribution in [1.82, 2.24) is 9.47 Å². The van der Waals surface area contributed by atoms with Crippen LogP contribution in [-0.2, 0) is 5.41 Å². The van der Waals surface area contributed by atoms with Crippen molar-refractivity contribution in [2.24, 2.45) is 0 Å². The summed E-state index contributed by atoms with van der Waals surface area (Å²) >= 11 is 6.19. The van der Waals surface area contributed by atoms with Gasteiger partial charge in [0.2, 0.25) is 0 Å². The molecule has 3 aromatic carbocycles. The molecule has 1 spiro atoms. The van der Waals surface area contributed by atoms with E-state index >= 15 is 0 Å². The van der Waals surface area contributed by atoms with Gasteiger partial charge in [0.05, 0.1) is 16.6 Å². The maximum atomic E-state index is 14.4. The number of aromatic nitrogens is 1. The third kappa shape index (κ3) is 3.49. The molecule has 4 aromatic rings. The summed E-state index contributed by atoms with van der Waals surface area (Å²) in [6, 6.07) is 16.6. The topological polar surface area (TPSA) is 54.3 Å². The number of carbonyl (C=O) groups excluding carboxylic acids is 2. The lowest BCUT2D eigenvalue weighted by molar-refractivity contribution is 0.0678. The first kappa shape index (κ1) is 22.7. The highest BCUT2D eigenvalue weighted by Crippen LogP contribution is 2.44. The van der Waals surface area contributed by atoms with Gasteiger partial charge in [-0.25, -0.2) is 8.78 Å². The SMILES string of the molecule is O=C(c1cn(C(=O)c2cccc(F)c2F)c2cc(Cl)ccc12)N1CCC2(CC1)CNc1ccccc12. The molecular formula is C28H22ClF2N3O2. The Kier molecular flexibility index (Phi) is 5.34. The third-order valence-electron chi connectivity index (χ3n) is 7.52. The Morgan fingerprint density at radius 2 is 1.69 bits per heavy atom. The van der Waals surface area contributed by atoms with Crippen molar-refractivity contribution in [3.63, 3.8) is 0 Å². The molecule has 36 heavy (non-hydrogen) atoms. The Morgan fingerprint density at radius 3 is 2.50 bits per heavy atom. The molecule has 1 fully saturated rings. The van der Waals surface area contributed by atoms with Crippen molar-refractivity contribution in [1.29, 1.82) is 0 Å². The van der Waals surface area contributed by atoms with Gasteiger partial charge in [-0.15, -0.1) is 0 Å². The second kappa shape index (κ2) is 8.45. The molecule has 0 atom stereocenters. The van der Waals surface area contributed by atoms with Crippen LogP contribution in [0.1, 0.15) is 39.1 Å². The van der Waals surface area contributed by atoms with Crippen molar-refractivity contribution < 1.29 is 18.4 Å². The number of hydrogen-bond donors (Lipinski definition) is 1.